The lowest BCUT2D eigenvalue weighted by Gasteiger charge is -1.68. The molecule has 0 aromatic heterocycles. The summed E-state index contributed by atoms with van der Waals surface area (Å²) >= 11 is 0. The topological polar surface area (TPSA) is 147 Å². The first-order valence-corrected chi connectivity index (χ1v) is 3.22. The van der Waals surface area contributed by atoms with E-state index in [0.717, 1.165) is 6.08 Å². The van der Waals surface area contributed by atoms with E-state index in [-0.39, 0.29) is 23.5 Å². The first kappa shape index (κ1) is 22.6. The molecule has 0 aromatic carbocycles. The summed E-state index contributed by atoms with van der Waals surface area (Å²) in [6.45, 7) is 2.96. The second-order valence-corrected chi connectivity index (χ2v) is 1.89. The molecule has 0 amide bonds. The Bertz CT molecular complexity index is 203. The summed E-state index contributed by atoms with van der Waals surface area (Å²) in [6.07, 6.45) is 0.833. The molecule has 0 aliphatic carbocycles. The number of hydrogen-bond donors (Lipinski definition) is 4. The van der Waals surface area contributed by atoms with Gasteiger partial charge in [0.1, 0.15) is 0 Å². The number of rotatable bonds is 1. The smallest absolute Gasteiger partial charge is 0.394 e. The van der Waals surface area contributed by atoms with Gasteiger partial charge in [0.25, 0.3) is 0 Å². The largest absolute Gasteiger partial charge is 0.478 e. The second-order valence-electron chi connectivity index (χ2n) is 0.990. The van der Waals surface area contributed by atoms with Crippen LogP contribution in [0, 0.1) is 0 Å². The van der Waals surface area contributed by atoms with Crippen LogP contribution in [0.5, 0.6) is 0 Å². The number of carboxylic acid groups (broad SMARTS) is 1. The molecule has 6 N–H and O–H groups in total. The molecule has 7 nitrogen and oxygen atoms in total. The van der Waals surface area contributed by atoms with Gasteiger partial charge in [-0.3, -0.25) is 9.11 Å². The highest BCUT2D eigenvalue weighted by Crippen LogP contribution is 1.59. The number of hydrogen-bond acceptors (Lipinski definition) is 4. The van der Waals surface area contributed by atoms with Crippen molar-refractivity contribution in [3.8, 4) is 0 Å². The minimum absolute atomic E-state index is 0. The van der Waals surface area contributed by atoms with Crippen LogP contribution in [-0.2, 0) is 15.2 Å². The van der Waals surface area contributed by atoms with Gasteiger partial charge in [-0.2, -0.15) is 8.42 Å². The molecule has 0 spiro atoms. The molecule has 0 saturated carbocycles. The van der Waals surface area contributed by atoms with Crippen LogP contribution in [0.4, 0.5) is 0 Å². The highest BCUT2D eigenvalue weighted by molar-refractivity contribution is 7.79. The fourth-order valence-corrected chi connectivity index (χ4v) is 0. The summed E-state index contributed by atoms with van der Waals surface area (Å²) < 4.78 is 31.6. The van der Waals surface area contributed by atoms with Crippen LogP contribution in [-0.4, -0.2) is 46.0 Å². The van der Waals surface area contributed by atoms with Gasteiger partial charge in [-0.15, -0.1) is 0 Å². The van der Waals surface area contributed by atoms with E-state index in [1.165, 1.54) is 0 Å². The van der Waals surface area contributed by atoms with Gasteiger partial charge in [-0.05, 0) is 0 Å². The van der Waals surface area contributed by atoms with Gasteiger partial charge in [0.05, 0.1) is 0 Å². The van der Waals surface area contributed by atoms with Crippen molar-refractivity contribution in [2.75, 3.05) is 0 Å². The Labute approximate surface area is 80.4 Å². The Morgan fingerprint density at radius 1 is 1.33 bits per heavy atom. The molecule has 0 unspecified atom stereocenters. The highest BCUT2D eigenvalue weighted by atomic mass is 32.3. The summed E-state index contributed by atoms with van der Waals surface area (Å²) in [7, 11) is -4.67. The number of carboxylic acids is 1. The molecule has 0 fully saturated rings. The van der Waals surface area contributed by atoms with Crippen molar-refractivity contribution in [1.82, 2.24) is 6.15 Å². The van der Waals surface area contributed by atoms with Crippen molar-refractivity contribution in [2.45, 2.75) is 0 Å². The van der Waals surface area contributed by atoms with E-state index in [2.05, 4.69) is 6.58 Å². The fraction of sp³-hybridized carbons (Fsp3) is 0. The molecule has 74 valence electrons. The Balaban J connectivity index is -0.0000000457. The molecule has 9 heteroatoms. The van der Waals surface area contributed by atoms with E-state index in [1.54, 1.807) is 0 Å². The molecular formula is C3H12AlNO6S. The van der Waals surface area contributed by atoms with E-state index in [4.69, 9.17) is 22.6 Å². The Morgan fingerprint density at radius 2 is 1.42 bits per heavy atom. The van der Waals surface area contributed by atoms with Gasteiger partial charge in [0, 0.05) is 6.08 Å². The molecule has 0 saturated heterocycles. The Hall–Kier alpha value is -0.428. The maximum absolute atomic E-state index is 9.25. The van der Waals surface area contributed by atoms with Crippen LogP contribution >= 0.6 is 0 Å². The summed E-state index contributed by atoms with van der Waals surface area (Å²) in [6, 6.07) is 0. The lowest BCUT2D eigenvalue weighted by atomic mass is 10.7. The predicted molar refractivity (Wildman–Crippen MR) is 47.0 cm³/mol. The zero-order valence-corrected chi connectivity index (χ0v) is 6.28. The minimum atomic E-state index is -4.67. The average Bonchev–Trinajstić information content (AvgIpc) is 1.61. The third-order valence-corrected chi connectivity index (χ3v) is 0.175. The van der Waals surface area contributed by atoms with Gasteiger partial charge >= 0.3 is 16.4 Å². The normalized spacial score (nSPS) is 7.50. The van der Waals surface area contributed by atoms with E-state index in [1.807, 2.05) is 0 Å². The summed E-state index contributed by atoms with van der Waals surface area (Å²) in [5.41, 5.74) is 0. The predicted octanol–water partition coefficient (Wildman–Crippen LogP) is -1.42. The SMILES string of the molecule is C=CC(=O)O.N.O=S(=O)(O)O.[AlH3]. The molecule has 0 aromatic rings. The zero-order chi connectivity index (χ0) is 8.78. The van der Waals surface area contributed by atoms with Crippen LogP contribution in [0.3, 0.4) is 0 Å². The molecule has 0 bridgehead atoms. The third-order valence-electron chi connectivity index (χ3n) is 0.175. The van der Waals surface area contributed by atoms with Crippen LogP contribution in [0.2, 0.25) is 0 Å². The van der Waals surface area contributed by atoms with Gasteiger partial charge in [-0.25, -0.2) is 4.79 Å². The molecule has 0 aliphatic heterocycles. The monoisotopic (exact) mass is 217 g/mol. The minimum Gasteiger partial charge on any atom is -0.478 e. The van der Waals surface area contributed by atoms with Crippen molar-refractivity contribution < 1.29 is 27.4 Å². The van der Waals surface area contributed by atoms with Crippen LogP contribution in [0.1, 0.15) is 0 Å². The number of carbonyl (C=O) groups is 1. The van der Waals surface area contributed by atoms with Crippen molar-refractivity contribution in [3.63, 3.8) is 0 Å². The van der Waals surface area contributed by atoms with Crippen molar-refractivity contribution in [1.29, 1.82) is 0 Å². The van der Waals surface area contributed by atoms with Crippen LogP contribution in [0.15, 0.2) is 12.7 Å². The lowest BCUT2D eigenvalue weighted by Crippen LogP contribution is -1.89. The molecule has 0 rings (SSSR count). The van der Waals surface area contributed by atoms with Crippen molar-refractivity contribution >= 4 is 33.7 Å². The molecule has 0 radical (unpaired) electrons. The maximum atomic E-state index is 9.25. The highest BCUT2D eigenvalue weighted by Gasteiger charge is 1.84. The quantitative estimate of drug-likeness (QED) is 0.239. The molecule has 0 heterocycles. The lowest BCUT2D eigenvalue weighted by molar-refractivity contribution is -0.131. The van der Waals surface area contributed by atoms with E-state index in [0.29, 0.717) is 0 Å². The first-order valence-electron chi connectivity index (χ1n) is 1.82. The van der Waals surface area contributed by atoms with Gasteiger partial charge in [0.2, 0.25) is 0 Å². The zero-order valence-electron chi connectivity index (χ0n) is 5.47. The van der Waals surface area contributed by atoms with Crippen molar-refractivity contribution in [2.24, 2.45) is 0 Å². The summed E-state index contributed by atoms with van der Waals surface area (Å²) in [4.78, 5) is 9.25. The van der Waals surface area contributed by atoms with E-state index < -0.39 is 16.4 Å². The standard InChI is InChI=1S/C3H4O2.Al.H3N.H2O4S.3H/c1-2-3(4)5;;;1-5(2,3)4;;;/h2H,1H2,(H,4,5);;1H3;(H2,1,2,3,4);;;. The Morgan fingerprint density at radius 3 is 1.42 bits per heavy atom. The molecule has 12 heavy (non-hydrogen) atoms. The van der Waals surface area contributed by atoms with E-state index >= 15 is 0 Å². The van der Waals surface area contributed by atoms with Gasteiger partial charge < -0.3 is 11.3 Å². The van der Waals surface area contributed by atoms with Gasteiger partial charge in [0.15, 0.2) is 17.4 Å². The van der Waals surface area contributed by atoms with Crippen LogP contribution < -0.4 is 6.15 Å². The second kappa shape index (κ2) is 10.6. The summed E-state index contributed by atoms with van der Waals surface area (Å²) in [5, 5.41) is 7.60. The van der Waals surface area contributed by atoms with E-state index in [9.17, 15) is 4.79 Å². The number of aliphatic carboxylic acids is 1. The van der Waals surface area contributed by atoms with Crippen LogP contribution in [0.25, 0.3) is 0 Å². The molecule has 0 atom stereocenters. The summed E-state index contributed by atoms with van der Waals surface area (Å²) in [5.74, 6) is -0.981. The fourth-order valence-electron chi connectivity index (χ4n) is 0. The average molecular weight is 217 g/mol. The first-order chi connectivity index (χ1) is 4.27. The molecular weight excluding hydrogens is 205 g/mol. The van der Waals surface area contributed by atoms with Gasteiger partial charge in [-0.1, -0.05) is 6.58 Å². The van der Waals surface area contributed by atoms with Crippen molar-refractivity contribution in [3.05, 3.63) is 12.7 Å². The Kier molecular flexibility index (Phi) is 19.9. The molecule has 0 aliphatic rings. The third kappa shape index (κ3) is 284. The maximum Gasteiger partial charge on any atom is 0.394 e.